The van der Waals surface area contributed by atoms with Gasteiger partial charge in [0.15, 0.2) is 0 Å². The Balaban J connectivity index is 2.02. The van der Waals surface area contributed by atoms with E-state index in [9.17, 15) is 4.79 Å². The van der Waals surface area contributed by atoms with Crippen molar-refractivity contribution in [3.63, 3.8) is 0 Å². The molecule has 1 aromatic carbocycles. The number of carbonyl (C=O) groups excluding carboxylic acids is 1. The van der Waals surface area contributed by atoms with Crippen LogP contribution in [0.15, 0.2) is 24.3 Å². The molecule has 4 heteroatoms. The summed E-state index contributed by atoms with van der Waals surface area (Å²) in [5.41, 5.74) is 0.610. The Labute approximate surface area is 126 Å². The SMILES string of the molecule is CCOCCCNC(=O)C1(c2ccccc2OC)CCC1. The highest BCUT2D eigenvalue weighted by Crippen LogP contribution is 2.47. The minimum Gasteiger partial charge on any atom is -0.496 e. The molecule has 1 saturated carbocycles. The van der Waals surface area contributed by atoms with Crippen LogP contribution in [-0.4, -0.2) is 32.8 Å². The van der Waals surface area contributed by atoms with Crippen molar-refractivity contribution in [1.82, 2.24) is 5.32 Å². The molecule has 1 aromatic rings. The number of amides is 1. The zero-order valence-corrected chi connectivity index (χ0v) is 13.0. The van der Waals surface area contributed by atoms with Gasteiger partial charge in [0.2, 0.25) is 5.91 Å². The first-order valence-electron chi connectivity index (χ1n) is 7.74. The number of rotatable bonds is 8. The molecule has 0 saturated heterocycles. The number of carbonyl (C=O) groups is 1. The minimum atomic E-state index is -0.405. The Morgan fingerprint density at radius 2 is 2.10 bits per heavy atom. The summed E-state index contributed by atoms with van der Waals surface area (Å²) in [4.78, 5) is 12.6. The van der Waals surface area contributed by atoms with Crippen LogP contribution in [0.3, 0.4) is 0 Å². The summed E-state index contributed by atoms with van der Waals surface area (Å²) < 4.78 is 10.7. The molecule has 1 fully saturated rings. The smallest absolute Gasteiger partial charge is 0.230 e. The van der Waals surface area contributed by atoms with Crippen molar-refractivity contribution >= 4 is 5.91 Å². The van der Waals surface area contributed by atoms with E-state index in [1.54, 1.807) is 7.11 Å². The molecule has 1 amide bonds. The lowest BCUT2D eigenvalue weighted by atomic mass is 9.63. The highest BCUT2D eigenvalue weighted by atomic mass is 16.5. The predicted molar refractivity (Wildman–Crippen MR) is 82.6 cm³/mol. The van der Waals surface area contributed by atoms with Gasteiger partial charge in [-0.1, -0.05) is 24.6 Å². The monoisotopic (exact) mass is 291 g/mol. The molecule has 0 radical (unpaired) electrons. The van der Waals surface area contributed by atoms with E-state index in [-0.39, 0.29) is 5.91 Å². The third kappa shape index (κ3) is 3.38. The van der Waals surface area contributed by atoms with Gasteiger partial charge in [-0.15, -0.1) is 0 Å². The quantitative estimate of drug-likeness (QED) is 0.749. The van der Waals surface area contributed by atoms with E-state index in [2.05, 4.69) is 5.32 Å². The van der Waals surface area contributed by atoms with Crippen LogP contribution >= 0.6 is 0 Å². The number of hydrogen-bond acceptors (Lipinski definition) is 3. The van der Waals surface area contributed by atoms with Crippen molar-refractivity contribution in [2.24, 2.45) is 0 Å². The fourth-order valence-corrected chi connectivity index (χ4v) is 2.88. The average molecular weight is 291 g/mol. The molecule has 0 spiro atoms. The van der Waals surface area contributed by atoms with Crippen molar-refractivity contribution < 1.29 is 14.3 Å². The maximum Gasteiger partial charge on any atom is 0.230 e. The number of ether oxygens (including phenoxy) is 2. The van der Waals surface area contributed by atoms with Gasteiger partial charge >= 0.3 is 0 Å². The van der Waals surface area contributed by atoms with Crippen LogP contribution in [0.1, 0.15) is 38.2 Å². The molecule has 1 aliphatic carbocycles. The summed E-state index contributed by atoms with van der Waals surface area (Å²) >= 11 is 0. The van der Waals surface area contributed by atoms with Crippen LogP contribution in [0.5, 0.6) is 5.75 Å². The Hall–Kier alpha value is -1.55. The largest absolute Gasteiger partial charge is 0.496 e. The Morgan fingerprint density at radius 3 is 2.71 bits per heavy atom. The van der Waals surface area contributed by atoms with Crippen LogP contribution in [0.4, 0.5) is 0 Å². The molecular weight excluding hydrogens is 266 g/mol. The normalized spacial score (nSPS) is 16.1. The maximum absolute atomic E-state index is 12.6. The average Bonchev–Trinajstić information content (AvgIpc) is 2.46. The Kier molecular flexibility index (Phi) is 5.62. The number of benzene rings is 1. The van der Waals surface area contributed by atoms with Gasteiger partial charge in [0.25, 0.3) is 0 Å². The van der Waals surface area contributed by atoms with Gasteiger partial charge in [0, 0.05) is 25.3 Å². The number of para-hydroxylation sites is 1. The van der Waals surface area contributed by atoms with E-state index in [1.165, 1.54) is 0 Å². The van der Waals surface area contributed by atoms with Crippen molar-refractivity contribution in [1.29, 1.82) is 0 Å². The van der Waals surface area contributed by atoms with E-state index in [1.807, 2.05) is 31.2 Å². The van der Waals surface area contributed by atoms with E-state index in [0.29, 0.717) is 13.2 Å². The number of nitrogens with one attached hydrogen (secondary N) is 1. The first kappa shape index (κ1) is 15.8. The van der Waals surface area contributed by atoms with Crippen LogP contribution < -0.4 is 10.1 Å². The second-order valence-electron chi connectivity index (χ2n) is 5.44. The fraction of sp³-hybridized carbons (Fsp3) is 0.588. The lowest BCUT2D eigenvalue weighted by molar-refractivity contribution is -0.130. The second kappa shape index (κ2) is 7.46. The standard InChI is InChI=1S/C17H25NO3/c1-3-21-13-7-12-18-16(19)17(10-6-11-17)14-8-4-5-9-15(14)20-2/h4-5,8-9H,3,6-7,10-13H2,1-2H3,(H,18,19). The van der Waals surface area contributed by atoms with E-state index in [4.69, 9.17) is 9.47 Å². The lowest BCUT2D eigenvalue weighted by Crippen LogP contribution is -2.49. The third-order valence-electron chi connectivity index (χ3n) is 4.22. The van der Waals surface area contributed by atoms with Crippen molar-refractivity contribution in [3.05, 3.63) is 29.8 Å². The predicted octanol–water partition coefficient (Wildman–Crippen LogP) is 2.66. The zero-order valence-electron chi connectivity index (χ0n) is 13.0. The molecule has 0 heterocycles. The van der Waals surface area contributed by atoms with Gasteiger partial charge in [0.05, 0.1) is 12.5 Å². The summed E-state index contributed by atoms with van der Waals surface area (Å²) in [6.45, 7) is 4.05. The Morgan fingerprint density at radius 1 is 1.33 bits per heavy atom. The van der Waals surface area contributed by atoms with E-state index < -0.39 is 5.41 Å². The number of methoxy groups -OCH3 is 1. The van der Waals surface area contributed by atoms with E-state index >= 15 is 0 Å². The minimum absolute atomic E-state index is 0.120. The molecule has 0 unspecified atom stereocenters. The van der Waals surface area contributed by atoms with Gasteiger partial charge in [-0.25, -0.2) is 0 Å². The van der Waals surface area contributed by atoms with Crippen molar-refractivity contribution in [3.8, 4) is 5.75 Å². The lowest BCUT2D eigenvalue weighted by Gasteiger charge is -2.41. The van der Waals surface area contributed by atoms with Gasteiger partial charge in [-0.05, 0) is 32.3 Å². The molecular formula is C17H25NO3. The fourth-order valence-electron chi connectivity index (χ4n) is 2.88. The molecule has 1 N–H and O–H groups in total. The van der Waals surface area contributed by atoms with Gasteiger partial charge < -0.3 is 14.8 Å². The molecule has 21 heavy (non-hydrogen) atoms. The van der Waals surface area contributed by atoms with Gasteiger partial charge in [0.1, 0.15) is 5.75 Å². The summed E-state index contributed by atoms with van der Waals surface area (Å²) in [5.74, 6) is 0.927. The first-order valence-corrected chi connectivity index (χ1v) is 7.74. The van der Waals surface area contributed by atoms with Crippen LogP contribution in [0.2, 0.25) is 0 Å². The van der Waals surface area contributed by atoms with E-state index in [0.717, 1.165) is 43.6 Å². The van der Waals surface area contributed by atoms with Gasteiger partial charge in [-0.3, -0.25) is 4.79 Å². The zero-order chi connectivity index (χ0) is 15.1. The molecule has 4 nitrogen and oxygen atoms in total. The summed E-state index contributed by atoms with van der Waals surface area (Å²) in [6.07, 6.45) is 3.72. The van der Waals surface area contributed by atoms with Crippen molar-refractivity contribution in [2.75, 3.05) is 26.9 Å². The van der Waals surface area contributed by atoms with Crippen LogP contribution in [0.25, 0.3) is 0 Å². The Bertz CT molecular complexity index is 469. The molecule has 0 aliphatic heterocycles. The second-order valence-corrected chi connectivity index (χ2v) is 5.44. The maximum atomic E-state index is 12.6. The summed E-state index contributed by atoms with van der Waals surface area (Å²) in [7, 11) is 1.66. The van der Waals surface area contributed by atoms with Crippen LogP contribution in [0, 0.1) is 0 Å². The molecule has 2 rings (SSSR count). The summed E-state index contributed by atoms with van der Waals surface area (Å²) in [5, 5.41) is 3.06. The van der Waals surface area contributed by atoms with Gasteiger partial charge in [-0.2, -0.15) is 0 Å². The molecule has 0 atom stereocenters. The number of hydrogen-bond donors (Lipinski definition) is 1. The molecule has 1 aliphatic rings. The highest BCUT2D eigenvalue weighted by molar-refractivity contribution is 5.90. The summed E-state index contributed by atoms with van der Waals surface area (Å²) in [6, 6.07) is 7.85. The molecule has 0 bridgehead atoms. The third-order valence-corrected chi connectivity index (χ3v) is 4.22. The van der Waals surface area contributed by atoms with Crippen LogP contribution in [-0.2, 0) is 14.9 Å². The first-order chi connectivity index (χ1) is 10.2. The molecule has 0 aromatic heterocycles. The highest BCUT2D eigenvalue weighted by Gasteiger charge is 2.47. The topological polar surface area (TPSA) is 47.6 Å². The molecule has 116 valence electrons. The van der Waals surface area contributed by atoms with Crippen molar-refractivity contribution in [2.45, 2.75) is 38.0 Å².